The number of rotatable bonds is 5. The Kier molecular flexibility index (Phi) is 4.96. The molecule has 3 rings (SSSR count). The number of anilines is 1. The van der Waals surface area contributed by atoms with Crippen molar-refractivity contribution in [1.82, 2.24) is 24.6 Å². The van der Waals surface area contributed by atoms with Gasteiger partial charge in [0.15, 0.2) is 5.13 Å². The van der Waals surface area contributed by atoms with Crippen LogP contribution in [0, 0.1) is 13.8 Å². The fourth-order valence-electron chi connectivity index (χ4n) is 3.11. The molecule has 0 aromatic carbocycles. The van der Waals surface area contributed by atoms with Crippen LogP contribution >= 0.6 is 11.3 Å². The Bertz CT molecular complexity index is 724. The van der Waals surface area contributed by atoms with Crippen molar-refractivity contribution in [3.63, 3.8) is 0 Å². The number of hydrogen-bond donors (Lipinski definition) is 0. The standard InChI is InChI=1S/C16H24N6OS/c1-11-17-12(2)22(19-11)9-15-6-5-7-21(15)8-14-10-24-16(18-14)20(4)13(3)23/h10,15H,5-9H2,1-4H3/t15-/m1/s1. The lowest BCUT2D eigenvalue weighted by Gasteiger charge is -2.23. The minimum absolute atomic E-state index is 0.00646. The lowest BCUT2D eigenvalue weighted by Crippen LogP contribution is -2.33. The highest BCUT2D eigenvalue weighted by Gasteiger charge is 2.26. The Morgan fingerprint density at radius 1 is 1.42 bits per heavy atom. The van der Waals surface area contributed by atoms with E-state index in [4.69, 9.17) is 0 Å². The first-order valence-electron chi connectivity index (χ1n) is 8.25. The van der Waals surface area contributed by atoms with Gasteiger partial charge in [0.2, 0.25) is 5.91 Å². The first-order valence-corrected chi connectivity index (χ1v) is 9.13. The first-order chi connectivity index (χ1) is 11.4. The number of thiazole rings is 1. The van der Waals surface area contributed by atoms with E-state index in [-0.39, 0.29) is 5.91 Å². The Hall–Kier alpha value is -1.80. The second-order valence-corrected chi connectivity index (χ2v) is 7.19. The highest BCUT2D eigenvalue weighted by atomic mass is 32.1. The molecule has 2 aromatic rings. The van der Waals surface area contributed by atoms with E-state index in [0.717, 1.165) is 42.1 Å². The summed E-state index contributed by atoms with van der Waals surface area (Å²) in [5.74, 6) is 1.80. The van der Waals surface area contributed by atoms with Crippen molar-refractivity contribution >= 4 is 22.4 Å². The van der Waals surface area contributed by atoms with E-state index < -0.39 is 0 Å². The van der Waals surface area contributed by atoms with Gasteiger partial charge in [-0.1, -0.05) is 0 Å². The van der Waals surface area contributed by atoms with E-state index in [1.165, 1.54) is 24.2 Å². The van der Waals surface area contributed by atoms with E-state index in [1.54, 1.807) is 18.9 Å². The lowest BCUT2D eigenvalue weighted by molar-refractivity contribution is -0.116. The van der Waals surface area contributed by atoms with Crippen LogP contribution in [0.15, 0.2) is 5.38 Å². The third-order valence-corrected chi connectivity index (χ3v) is 5.48. The summed E-state index contributed by atoms with van der Waals surface area (Å²) in [7, 11) is 1.76. The summed E-state index contributed by atoms with van der Waals surface area (Å²) in [5, 5.41) is 7.29. The maximum Gasteiger partial charge on any atom is 0.225 e. The number of aromatic nitrogens is 4. The van der Waals surface area contributed by atoms with Crippen molar-refractivity contribution in [1.29, 1.82) is 0 Å². The molecule has 130 valence electrons. The van der Waals surface area contributed by atoms with Crippen LogP contribution in [-0.2, 0) is 17.9 Å². The highest BCUT2D eigenvalue weighted by Crippen LogP contribution is 2.25. The van der Waals surface area contributed by atoms with Crippen molar-refractivity contribution in [3.8, 4) is 0 Å². The SMILES string of the molecule is CC(=O)N(C)c1nc(CN2CCC[C@@H]2Cn2nc(C)nc2C)cs1. The normalized spacial score (nSPS) is 18.2. The van der Waals surface area contributed by atoms with E-state index in [0.29, 0.717) is 6.04 Å². The third-order valence-electron chi connectivity index (χ3n) is 4.51. The van der Waals surface area contributed by atoms with Crippen LogP contribution < -0.4 is 4.90 Å². The molecular weight excluding hydrogens is 324 g/mol. The molecule has 1 saturated heterocycles. The van der Waals surface area contributed by atoms with Crippen LogP contribution in [0.1, 0.15) is 37.1 Å². The minimum Gasteiger partial charge on any atom is -0.293 e. The number of likely N-dealkylation sites (tertiary alicyclic amines) is 1. The van der Waals surface area contributed by atoms with Crippen molar-refractivity contribution in [3.05, 3.63) is 22.7 Å². The van der Waals surface area contributed by atoms with E-state index in [1.807, 2.05) is 18.5 Å². The molecule has 0 unspecified atom stereocenters. The van der Waals surface area contributed by atoms with Gasteiger partial charge in [-0.3, -0.25) is 14.6 Å². The molecular formula is C16H24N6OS. The van der Waals surface area contributed by atoms with Crippen molar-refractivity contribution < 1.29 is 4.79 Å². The molecule has 1 amide bonds. The summed E-state index contributed by atoms with van der Waals surface area (Å²) >= 11 is 1.52. The predicted molar refractivity (Wildman–Crippen MR) is 94.1 cm³/mol. The highest BCUT2D eigenvalue weighted by molar-refractivity contribution is 7.14. The molecule has 1 fully saturated rings. The van der Waals surface area contributed by atoms with Crippen LogP contribution in [0.4, 0.5) is 5.13 Å². The second-order valence-electron chi connectivity index (χ2n) is 6.35. The van der Waals surface area contributed by atoms with Gasteiger partial charge in [0, 0.05) is 31.9 Å². The van der Waals surface area contributed by atoms with Crippen LogP contribution in [0.5, 0.6) is 0 Å². The van der Waals surface area contributed by atoms with Crippen LogP contribution in [-0.4, -0.2) is 50.2 Å². The summed E-state index contributed by atoms with van der Waals surface area (Å²) in [4.78, 5) is 24.5. The first kappa shape index (κ1) is 17.0. The molecule has 0 aliphatic carbocycles. The van der Waals surface area contributed by atoms with Gasteiger partial charge in [0.05, 0.1) is 12.2 Å². The van der Waals surface area contributed by atoms with Gasteiger partial charge >= 0.3 is 0 Å². The van der Waals surface area contributed by atoms with Gasteiger partial charge in [-0.2, -0.15) is 5.10 Å². The second kappa shape index (κ2) is 6.98. The van der Waals surface area contributed by atoms with Gasteiger partial charge in [0.1, 0.15) is 11.6 Å². The zero-order valence-corrected chi connectivity index (χ0v) is 15.5. The Morgan fingerprint density at radius 2 is 2.21 bits per heavy atom. The predicted octanol–water partition coefficient (Wildman–Crippen LogP) is 2.00. The fourth-order valence-corrected chi connectivity index (χ4v) is 3.93. The molecule has 1 atom stereocenters. The lowest BCUT2D eigenvalue weighted by atomic mass is 10.2. The van der Waals surface area contributed by atoms with Gasteiger partial charge < -0.3 is 0 Å². The molecule has 1 aliphatic rings. The average Bonchev–Trinajstić information content (AvgIpc) is 3.22. The number of hydrogen-bond acceptors (Lipinski definition) is 6. The minimum atomic E-state index is 0.00646. The molecule has 8 heteroatoms. The summed E-state index contributed by atoms with van der Waals surface area (Å²) in [6, 6.07) is 0.459. The molecule has 1 aliphatic heterocycles. The maximum atomic E-state index is 11.5. The molecule has 0 spiro atoms. The van der Waals surface area contributed by atoms with Crippen molar-refractivity contribution in [2.75, 3.05) is 18.5 Å². The number of aryl methyl sites for hydroxylation is 2. The fraction of sp³-hybridized carbons (Fsp3) is 0.625. The molecule has 0 N–H and O–H groups in total. The topological polar surface area (TPSA) is 67.2 Å². The monoisotopic (exact) mass is 348 g/mol. The summed E-state index contributed by atoms with van der Waals surface area (Å²) in [6.07, 6.45) is 2.37. The van der Waals surface area contributed by atoms with E-state index in [2.05, 4.69) is 25.3 Å². The van der Waals surface area contributed by atoms with Crippen LogP contribution in [0.2, 0.25) is 0 Å². The average molecular weight is 348 g/mol. The van der Waals surface area contributed by atoms with Gasteiger partial charge in [-0.05, 0) is 33.2 Å². The Balaban J connectivity index is 1.66. The van der Waals surface area contributed by atoms with Crippen molar-refractivity contribution in [2.24, 2.45) is 0 Å². The molecule has 0 radical (unpaired) electrons. The summed E-state index contributed by atoms with van der Waals surface area (Å²) < 4.78 is 2.01. The number of carbonyl (C=O) groups excluding carboxylic acids is 1. The number of carbonyl (C=O) groups is 1. The quantitative estimate of drug-likeness (QED) is 0.827. The Morgan fingerprint density at radius 3 is 2.88 bits per heavy atom. The largest absolute Gasteiger partial charge is 0.293 e. The molecule has 2 aromatic heterocycles. The van der Waals surface area contributed by atoms with Gasteiger partial charge in [-0.15, -0.1) is 11.3 Å². The van der Waals surface area contributed by atoms with E-state index >= 15 is 0 Å². The van der Waals surface area contributed by atoms with E-state index in [9.17, 15) is 4.79 Å². The zero-order chi connectivity index (χ0) is 17.3. The zero-order valence-electron chi connectivity index (χ0n) is 14.7. The number of amides is 1. The molecule has 3 heterocycles. The summed E-state index contributed by atoms with van der Waals surface area (Å²) in [6.45, 7) is 8.26. The van der Waals surface area contributed by atoms with Crippen LogP contribution in [0.3, 0.4) is 0 Å². The van der Waals surface area contributed by atoms with Crippen LogP contribution in [0.25, 0.3) is 0 Å². The number of nitrogens with zero attached hydrogens (tertiary/aromatic N) is 6. The maximum absolute atomic E-state index is 11.5. The smallest absolute Gasteiger partial charge is 0.225 e. The van der Waals surface area contributed by atoms with Gasteiger partial charge in [-0.25, -0.2) is 14.6 Å². The molecule has 24 heavy (non-hydrogen) atoms. The summed E-state index contributed by atoms with van der Waals surface area (Å²) in [5.41, 5.74) is 1.03. The molecule has 0 saturated carbocycles. The molecule has 7 nitrogen and oxygen atoms in total. The Labute approximate surface area is 146 Å². The van der Waals surface area contributed by atoms with Crippen molar-refractivity contribution in [2.45, 2.75) is 52.7 Å². The van der Waals surface area contributed by atoms with Gasteiger partial charge in [0.25, 0.3) is 0 Å². The third kappa shape index (κ3) is 3.64. The molecule has 0 bridgehead atoms.